The molecule has 0 bridgehead atoms. The topological polar surface area (TPSA) is 12.0 Å². The predicted octanol–water partition coefficient (Wildman–Crippen LogP) is 3.19. The number of hydrogen-bond donors (Lipinski definition) is 1. The van der Waals surface area contributed by atoms with Crippen LogP contribution in [0.1, 0.15) is 36.5 Å². The second kappa shape index (κ2) is 3.97. The highest BCUT2D eigenvalue weighted by molar-refractivity contribution is 5.30. The van der Waals surface area contributed by atoms with Crippen LogP contribution in [0.25, 0.3) is 0 Å². The van der Waals surface area contributed by atoms with Gasteiger partial charge in [0.1, 0.15) is 0 Å². The van der Waals surface area contributed by atoms with Crippen LogP contribution in [0.2, 0.25) is 0 Å². The lowest BCUT2D eigenvalue weighted by atomic mass is 10.1. The minimum atomic E-state index is 0.610. The van der Waals surface area contributed by atoms with Gasteiger partial charge in [0.15, 0.2) is 0 Å². The van der Waals surface area contributed by atoms with Crippen LogP contribution in [0.15, 0.2) is 18.2 Å². The largest absolute Gasteiger partial charge is 0.312 e. The second-order valence-corrected chi connectivity index (χ2v) is 5.34. The van der Waals surface area contributed by atoms with Gasteiger partial charge >= 0.3 is 0 Å². The van der Waals surface area contributed by atoms with Crippen LogP contribution in [0.5, 0.6) is 0 Å². The average Bonchev–Trinajstić information content (AvgIpc) is 2.88. The van der Waals surface area contributed by atoms with Gasteiger partial charge in [0.25, 0.3) is 0 Å². The molecule has 0 aliphatic heterocycles. The van der Waals surface area contributed by atoms with Crippen LogP contribution < -0.4 is 5.32 Å². The van der Waals surface area contributed by atoms with E-state index in [1.807, 2.05) is 0 Å². The number of rotatable bonds is 4. The summed E-state index contributed by atoms with van der Waals surface area (Å²) >= 11 is 0. The van der Waals surface area contributed by atoms with E-state index in [2.05, 4.69) is 44.3 Å². The third-order valence-corrected chi connectivity index (χ3v) is 3.47. The van der Waals surface area contributed by atoms with Gasteiger partial charge in [0.2, 0.25) is 0 Å². The average molecular weight is 203 g/mol. The van der Waals surface area contributed by atoms with Crippen molar-refractivity contribution in [1.29, 1.82) is 0 Å². The summed E-state index contributed by atoms with van der Waals surface area (Å²) in [6.07, 6.45) is 2.79. The van der Waals surface area contributed by atoms with E-state index in [0.29, 0.717) is 5.41 Å². The lowest BCUT2D eigenvalue weighted by Crippen LogP contribution is -2.21. The predicted molar refractivity (Wildman–Crippen MR) is 65.0 cm³/mol. The molecule has 0 aromatic heterocycles. The molecule has 0 heterocycles. The first kappa shape index (κ1) is 10.7. The smallest absolute Gasteiger partial charge is 0.0208 e. The third kappa shape index (κ3) is 2.82. The maximum Gasteiger partial charge on any atom is 0.0208 e. The molecule has 1 heteroatoms. The van der Waals surface area contributed by atoms with Gasteiger partial charge in [-0.1, -0.05) is 30.7 Å². The number of benzene rings is 1. The Morgan fingerprint density at radius 3 is 2.60 bits per heavy atom. The van der Waals surface area contributed by atoms with E-state index >= 15 is 0 Å². The van der Waals surface area contributed by atoms with Gasteiger partial charge in [-0.15, -0.1) is 0 Å². The van der Waals surface area contributed by atoms with Crippen LogP contribution >= 0.6 is 0 Å². The Morgan fingerprint density at radius 1 is 1.27 bits per heavy atom. The molecule has 1 aromatic carbocycles. The first-order chi connectivity index (χ1) is 7.09. The van der Waals surface area contributed by atoms with Gasteiger partial charge in [0.05, 0.1) is 0 Å². The molecule has 0 atom stereocenters. The maximum absolute atomic E-state index is 3.56. The molecular weight excluding hydrogens is 182 g/mol. The van der Waals surface area contributed by atoms with E-state index in [0.717, 1.165) is 6.54 Å². The van der Waals surface area contributed by atoms with Crippen molar-refractivity contribution in [1.82, 2.24) is 5.32 Å². The van der Waals surface area contributed by atoms with Crippen molar-refractivity contribution in [2.75, 3.05) is 6.54 Å². The second-order valence-electron chi connectivity index (χ2n) is 5.34. The lowest BCUT2D eigenvalue weighted by molar-refractivity contribution is 0.499. The van der Waals surface area contributed by atoms with E-state index in [1.54, 1.807) is 0 Å². The molecule has 1 aliphatic carbocycles. The Balaban J connectivity index is 1.87. The normalized spacial score (nSPS) is 17.8. The van der Waals surface area contributed by atoms with Crippen molar-refractivity contribution in [2.24, 2.45) is 5.41 Å². The molecule has 1 saturated carbocycles. The quantitative estimate of drug-likeness (QED) is 0.792. The monoisotopic (exact) mass is 203 g/mol. The zero-order chi connectivity index (χ0) is 10.9. The zero-order valence-electron chi connectivity index (χ0n) is 10.1. The summed E-state index contributed by atoms with van der Waals surface area (Å²) in [5.41, 5.74) is 4.80. The summed E-state index contributed by atoms with van der Waals surface area (Å²) in [5.74, 6) is 0. The number of aryl methyl sites for hydroxylation is 2. The van der Waals surface area contributed by atoms with E-state index < -0.39 is 0 Å². The maximum atomic E-state index is 3.56. The van der Waals surface area contributed by atoms with Gasteiger partial charge in [0, 0.05) is 13.1 Å². The van der Waals surface area contributed by atoms with Gasteiger partial charge in [-0.25, -0.2) is 0 Å². The summed E-state index contributed by atoms with van der Waals surface area (Å²) in [5, 5.41) is 3.56. The van der Waals surface area contributed by atoms with Gasteiger partial charge in [-0.05, 0) is 43.2 Å². The molecule has 0 spiro atoms. The summed E-state index contributed by atoms with van der Waals surface area (Å²) in [7, 11) is 0. The summed E-state index contributed by atoms with van der Waals surface area (Å²) in [4.78, 5) is 0. The van der Waals surface area contributed by atoms with Crippen molar-refractivity contribution in [3.8, 4) is 0 Å². The molecule has 1 N–H and O–H groups in total. The van der Waals surface area contributed by atoms with Crippen molar-refractivity contribution in [3.05, 3.63) is 34.9 Å². The molecular formula is C14H21N. The van der Waals surface area contributed by atoms with Gasteiger partial charge < -0.3 is 5.32 Å². The van der Waals surface area contributed by atoms with Crippen molar-refractivity contribution >= 4 is 0 Å². The minimum Gasteiger partial charge on any atom is -0.312 e. The standard InChI is InChI=1S/C14H21N/c1-11-4-5-13(12(2)8-11)9-15-10-14(3)6-7-14/h4-5,8,15H,6-7,9-10H2,1-3H3. The highest BCUT2D eigenvalue weighted by Gasteiger charge is 2.36. The Hall–Kier alpha value is -0.820. The zero-order valence-corrected chi connectivity index (χ0v) is 10.1. The third-order valence-electron chi connectivity index (χ3n) is 3.47. The number of nitrogens with one attached hydrogen (secondary N) is 1. The van der Waals surface area contributed by atoms with Gasteiger partial charge in [-0.3, -0.25) is 0 Å². The summed E-state index contributed by atoms with van der Waals surface area (Å²) < 4.78 is 0. The molecule has 1 aliphatic rings. The van der Waals surface area contributed by atoms with Crippen LogP contribution in [0, 0.1) is 19.3 Å². The van der Waals surface area contributed by atoms with E-state index in [-0.39, 0.29) is 0 Å². The van der Waals surface area contributed by atoms with E-state index in [9.17, 15) is 0 Å². The molecule has 0 unspecified atom stereocenters. The summed E-state index contributed by atoms with van der Waals surface area (Å²) in [6, 6.07) is 6.70. The Labute approximate surface area is 92.9 Å². The highest BCUT2D eigenvalue weighted by Crippen LogP contribution is 2.44. The van der Waals surface area contributed by atoms with Crippen LogP contribution in [0.3, 0.4) is 0 Å². The van der Waals surface area contributed by atoms with E-state index in [1.165, 1.54) is 36.1 Å². The lowest BCUT2D eigenvalue weighted by Gasteiger charge is -2.11. The molecule has 0 saturated heterocycles. The fourth-order valence-corrected chi connectivity index (χ4v) is 1.93. The first-order valence-electron chi connectivity index (χ1n) is 5.86. The fraction of sp³-hybridized carbons (Fsp3) is 0.571. The highest BCUT2D eigenvalue weighted by atomic mass is 14.9. The molecule has 15 heavy (non-hydrogen) atoms. The molecule has 0 amide bonds. The molecule has 2 rings (SSSR count). The van der Waals surface area contributed by atoms with Crippen molar-refractivity contribution in [3.63, 3.8) is 0 Å². The van der Waals surface area contributed by atoms with Gasteiger partial charge in [-0.2, -0.15) is 0 Å². The Morgan fingerprint density at radius 2 is 2.00 bits per heavy atom. The number of hydrogen-bond acceptors (Lipinski definition) is 1. The van der Waals surface area contributed by atoms with Crippen molar-refractivity contribution < 1.29 is 0 Å². The van der Waals surface area contributed by atoms with Crippen LogP contribution in [-0.2, 0) is 6.54 Å². The Kier molecular flexibility index (Phi) is 2.83. The minimum absolute atomic E-state index is 0.610. The SMILES string of the molecule is Cc1ccc(CNCC2(C)CC2)c(C)c1. The summed E-state index contributed by atoms with van der Waals surface area (Å²) in [6.45, 7) is 8.89. The van der Waals surface area contributed by atoms with Crippen molar-refractivity contribution in [2.45, 2.75) is 40.2 Å². The molecule has 1 aromatic rings. The van der Waals surface area contributed by atoms with Crippen LogP contribution in [-0.4, -0.2) is 6.54 Å². The molecule has 1 fully saturated rings. The molecule has 1 nitrogen and oxygen atoms in total. The van der Waals surface area contributed by atoms with Crippen LogP contribution in [0.4, 0.5) is 0 Å². The van der Waals surface area contributed by atoms with E-state index in [4.69, 9.17) is 0 Å². The molecule has 82 valence electrons. The molecule has 0 radical (unpaired) electrons. The fourth-order valence-electron chi connectivity index (χ4n) is 1.93. The Bertz CT molecular complexity index is 350. The first-order valence-corrected chi connectivity index (χ1v) is 5.86.